The van der Waals surface area contributed by atoms with Gasteiger partial charge in [-0.15, -0.1) is 22.7 Å². The highest BCUT2D eigenvalue weighted by atomic mass is 127. The van der Waals surface area contributed by atoms with Crippen LogP contribution in [0, 0.1) is 5.77 Å². The first-order valence-corrected chi connectivity index (χ1v) is 8.22. The molecule has 0 aromatic carbocycles. The lowest BCUT2D eigenvalue weighted by molar-refractivity contribution is -0.319. The summed E-state index contributed by atoms with van der Waals surface area (Å²) in [5, 5.41) is 0. The Kier molecular flexibility index (Phi) is 2.36. The van der Waals surface area contributed by atoms with Crippen LogP contribution >= 0.6 is 56.6 Å². The van der Waals surface area contributed by atoms with Crippen molar-refractivity contribution in [2.24, 2.45) is 0 Å². The normalized spacial score (nSPS) is 11.8. The monoisotopic (exact) mass is 449 g/mol. The number of fused-ring (bicyclic) bond motifs is 3. The van der Waals surface area contributed by atoms with E-state index >= 15 is 0 Å². The van der Waals surface area contributed by atoms with Gasteiger partial charge in [-0.05, 0) is 28.7 Å². The molecule has 0 aliphatic rings. The largest absolute Gasteiger partial charge is 0.308 e. The Hall–Kier alpha value is 1.08. The number of thiophene rings is 3. The van der Waals surface area contributed by atoms with E-state index in [-0.39, 0.29) is 0 Å². The molecule has 5 heteroatoms. The Balaban J connectivity index is 2.56. The van der Waals surface area contributed by atoms with Gasteiger partial charge in [-0.25, -0.2) is 0 Å². The van der Waals surface area contributed by atoms with E-state index in [0.717, 1.165) is 0 Å². The number of halogens is 2. The van der Waals surface area contributed by atoms with Gasteiger partial charge in [-0.3, -0.25) is 0 Å². The van der Waals surface area contributed by atoms with E-state index in [4.69, 9.17) is 0 Å². The average Bonchev–Trinajstić information content (AvgIpc) is 2.60. The molecular formula is C8H3I2S3+. The van der Waals surface area contributed by atoms with Crippen molar-refractivity contribution in [3.63, 3.8) is 0 Å². The van der Waals surface area contributed by atoms with E-state index in [9.17, 15) is 0 Å². The van der Waals surface area contributed by atoms with Crippen molar-refractivity contribution in [3.8, 4) is 0 Å². The molecule has 0 spiro atoms. The lowest BCUT2D eigenvalue weighted by atomic mass is 10.5. The van der Waals surface area contributed by atoms with E-state index in [1.807, 2.05) is 34.0 Å². The molecule has 0 N–H and O–H groups in total. The molecule has 3 heterocycles. The molecule has 0 unspecified atom stereocenters. The third kappa shape index (κ3) is 1.47. The minimum absolute atomic E-state index is 1.40. The van der Waals surface area contributed by atoms with Crippen molar-refractivity contribution in [1.29, 1.82) is 0 Å². The zero-order valence-electron chi connectivity index (χ0n) is 6.17. The fourth-order valence-corrected chi connectivity index (χ4v) is 7.23. The highest BCUT2D eigenvalue weighted by Gasteiger charge is 2.13. The summed E-state index contributed by atoms with van der Waals surface area (Å²) in [7, 11) is 0. The molecular weight excluding hydrogens is 446 g/mol. The van der Waals surface area contributed by atoms with Crippen molar-refractivity contribution in [2.75, 3.05) is 0 Å². The van der Waals surface area contributed by atoms with Crippen molar-refractivity contribution in [3.05, 3.63) is 17.9 Å². The molecule has 0 atom stereocenters. The second kappa shape index (κ2) is 3.29. The summed E-state index contributed by atoms with van der Waals surface area (Å²) in [6.07, 6.45) is 0. The van der Waals surface area contributed by atoms with Crippen LogP contribution in [0.5, 0.6) is 0 Å². The van der Waals surface area contributed by atoms with Crippen LogP contribution in [0.25, 0.3) is 18.8 Å². The molecule has 13 heavy (non-hydrogen) atoms. The SMILES string of the molecule is Ic1cc2sc3cc([IH+])sc3c2s1. The predicted octanol–water partition coefficient (Wildman–Crippen LogP) is 1.24. The molecule has 66 valence electrons. The van der Waals surface area contributed by atoms with Gasteiger partial charge in [0.25, 0.3) is 0 Å². The summed E-state index contributed by atoms with van der Waals surface area (Å²) < 4.78 is 8.73. The lowest BCUT2D eigenvalue weighted by Gasteiger charge is -1.73. The molecule has 0 bridgehead atoms. The molecule has 0 saturated carbocycles. The number of hydrogen-bond acceptors (Lipinski definition) is 3. The highest BCUT2D eigenvalue weighted by Crippen LogP contribution is 2.42. The second-order valence-electron chi connectivity index (χ2n) is 2.60. The standard InChI is InChI=1S/C8H3I2S3/c9-5-1-3-7(12-5)8-4(11-3)2-6(10)13-8/h1-2,9H/q+1. The molecule has 3 aromatic heterocycles. The summed E-state index contributed by atoms with van der Waals surface area (Å²) in [5.74, 6) is 0. The summed E-state index contributed by atoms with van der Waals surface area (Å²) in [6, 6.07) is 4.59. The van der Waals surface area contributed by atoms with Gasteiger partial charge < -0.3 is 0 Å². The number of hydrogen-bond donors (Lipinski definition) is 0. The molecule has 0 nitrogen and oxygen atoms in total. The molecule has 0 radical (unpaired) electrons. The fourth-order valence-electron chi connectivity index (χ4n) is 1.29. The van der Waals surface area contributed by atoms with Crippen LogP contribution in [-0.2, 0) is 0 Å². The molecule has 3 aromatic rings. The molecule has 0 fully saturated rings. The molecule has 0 aliphatic carbocycles. The molecule has 3 rings (SSSR count). The first-order chi connectivity index (χ1) is 6.24. The van der Waals surface area contributed by atoms with Crippen molar-refractivity contribution < 1.29 is 22.6 Å². The van der Waals surface area contributed by atoms with Gasteiger partial charge in [-0.1, -0.05) is 11.3 Å². The third-order valence-corrected chi connectivity index (χ3v) is 7.15. The van der Waals surface area contributed by atoms with Crippen LogP contribution in [0.2, 0.25) is 0 Å². The molecule has 0 aliphatic heterocycles. The van der Waals surface area contributed by atoms with E-state index in [2.05, 4.69) is 57.3 Å². The molecule has 0 saturated heterocycles. The first-order valence-electron chi connectivity index (χ1n) is 3.52. The van der Waals surface area contributed by atoms with Crippen LogP contribution in [0.15, 0.2) is 12.1 Å². The van der Waals surface area contributed by atoms with Crippen molar-refractivity contribution >= 4 is 75.4 Å². The van der Waals surface area contributed by atoms with E-state index in [1.165, 1.54) is 24.6 Å². The van der Waals surface area contributed by atoms with Gasteiger partial charge in [-0.2, -0.15) is 0 Å². The Morgan fingerprint density at radius 1 is 1.00 bits per heavy atom. The van der Waals surface area contributed by atoms with Gasteiger partial charge in [0, 0.05) is 10.8 Å². The van der Waals surface area contributed by atoms with Crippen LogP contribution in [0.3, 0.4) is 0 Å². The lowest BCUT2D eigenvalue weighted by Crippen LogP contribution is -3.33. The fraction of sp³-hybridized carbons (Fsp3) is 0. The highest BCUT2D eigenvalue weighted by molar-refractivity contribution is 14.1. The van der Waals surface area contributed by atoms with E-state index in [0.29, 0.717) is 0 Å². The van der Waals surface area contributed by atoms with Gasteiger partial charge >= 0.3 is 22.6 Å². The Bertz CT molecular complexity index is 536. The van der Waals surface area contributed by atoms with Crippen LogP contribution < -0.4 is 22.6 Å². The summed E-state index contributed by atoms with van der Waals surface area (Å²) in [5.41, 5.74) is 0. The average molecular weight is 449 g/mol. The Morgan fingerprint density at radius 2 is 1.69 bits per heavy atom. The van der Waals surface area contributed by atoms with Crippen molar-refractivity contribution in [1.82, 2.24) is 0 Å². The molecule has 0 amide bonds. The van der Waals surface area contributed by atoms with Gasteiger partial charge in [0.2, 0.25) is 2.88 Å². The Labute approximate surface area is 114 Å². The van der Waals surface area contributed by atoms with Crippen LogP contribution in [0.4, 0.5) is 0 Å². The minimum Gasteiger partial charge on any atom is -0.133 e. The van der Waals surface area contributed by atoms with Crippen LogP contribution in [0.1, 0.15) is 0 Å². The predicted molar refractivity (Wildman–Crippen MR) is 67.9 cm³/mol. The third-order valence-electron chi connectivity index (χ3n) is 1.77. The van der Waals surface area contributed by atoms with E-state index in [1.54, 1.807) is 0 Å². The first kappa shape index (κ1) is 9.32. The summed E-state index contributed by atoms with van der Waals surface area (Å²) >= 11 is 10.3. The maximum Gasteiger partial charge on any atom is 0.308 e. The summed E-state index contributed by atoms with van der Waals surface area (Å²) in [6.45, 7) is 0. The topological polar surface area (TPSA) is 0 Å². The van der Waals surface area contributed by atoms with Gasteiger partial charge in [0.1, 0.15) is 0 Å². The second-order valence-corrected chi connectivity index (χ2v) is 9.75. The smallest absolute Gasteiger partial charge is 0.133 e. The zero-order valence-corrected chi connectivity index (χ0v) is 13.1. The maximum atomic E-state index is 2.40. The van der Waals surface area contributed by atoms with Gasteiger partial charge in [0.15, 0.2) is 0 Å². The van der Waals surface area contributed by atoms with Gasteiger partial charge in [0.05, 0.1) is 17.0 Å². The van der Waals surface area contributed by atoms with Crippen LogP contribution in [-0.4, -0.2) is 0 Å². The zero-order chi connectivity index (χ0) is 9.00. The Morgan fingerprint density at radius 3 is 2.54 bits per heavy atom. The minimum atomic E-state index is 1.40. The summed E-state index contributed by atoms with van der Waals surface area (Å²) in [4.78, 5) is 0. The quantitative estimate of drug-likeness (QED) is 0.454. The van der Waals surface area contributed by atoms with Crippen molar-refractivity contribution in [2.45, 2.75) is 0 Å². The number of rotatable bonds is 0. The van der Waals surface area contributed by atoms with E-state index < -0.39 is 0 Å². The maximum absolute atomic E-state index is 2.40.